The van der Waals surface area contributed by atoms with E-state index in [-0.39, 0.29) is 15.7 Å². The van der Waals surface area contributed by atoms with E-state index >= 15 is 0 Å². The van der Waals surface area contributed by atoms with Crippen molar-refractivity contribution < 1.29 is 17.9 Å². The van der Waals surface area contributed by atoms with Crippen molar-refractivity contribution >= 4 is 32.9 Å². The van der Waals surface area contributed by atoms with E-state index in [1.165, 1.54) is 6.07 Å². The van der Waals surface area contributed by atoms with Gasteiger partial charge >= 0.3 is 0 Å². The fourth-order valence-electron chi connectivity index (χ4n) is 3.01. The molecule has 0 atom stereocenters. The summed E-state index contributed by atoms with van der Waals surface area (Å²) < 4.78 is 34.8. The largest absolute Gasteiger partial charge is 0.378 e. The molecule has 1 aliphatic carbocycles. The van der Waals surface area contributed by atoms with Crippen molar-refractivity contribution in [2.45, 2.75) is 4.21 Å². The number of thiophene rings is 1. The lowest BCUT2D eigenvalue weighted by atomic mass is 9.91. The fraction of sp³-hybridized carbons (Fsp3) is 0.222. The summed E-state index contributed by atoms with van der Waals surface area (Å²) in [5, 5.41) is 1.69. The Labute approximate surface area is 155 Å². The molecule has 8 heteroatoms. The Morgan fingerprint density at radius 3 is 2.46 bits per heavy atom. The highest BCUT2D eigenvalue weighted by Crippen LogP contribution is 2.27. The second-order valence-electron chi connectivity index (χ2n) is 5.89. The van der Waals surface area contributed by atoms with Crippen LogP contribution in [-0.2, 0) is 14.8 Å². The lowest BCUT2D eigenvalue weighted by Crippen LogP contribution is -2.39. The number of hydrogen-bond donors (Lipinski definition) is 0. The van der Waals surface area contributed by atoms with Gasteiger partial charge in [-0.15, -0.1) is 11.3 Å². The summed E-state index contributed by atoms with van der Waals surface area (Å²) in [6.07, 6.45) is 1.58. The molecular weight excluding hydrogens is 372 g/mol. The smallest absolute Gasteiger partial charge is 0.292 e. The average Bonchev–Trinajstić information content (AvgIpc) is 3.21. The summed E-state index contributed by atoms with van der Waals surface area (Å²) in [6.45, 7) is 2.24. The van der Waals surface area contributed by atoms with Crippen LogP contribution in [0.2, 0.25) is 0 Å². The van der Waals surface area contributed by atoms with E-state index in [1.807, 2.05) is 4.90 Å². The molecule has 1 aliphatic heterocycles. The number of ether oxygens (including phenoxy) is 1. The number of carbonyl (C=O) groups is 1. The molecule has 1 saturated heterocycles. The number of ketones is 1. The minimum absolute atomic E-state index is 0.116. The Bertz CT molecular complexity index is 1000. The third kappa shape index (κ3) is 3.11. The van der Waals surface area contributed by atoms with Gasteiger partial charge in [0.15, 0.2) is 0 Å². The first-order valence-corrected chi connectivity index (χ1v) is 10.5. The van der Waals surface area contributed by atoms with Gasteiger partial charge in [0.1, 0.15) is 4.21 Å². The molecule has 1 fully saturated rings. The summed E-state index contributed by atoms with van der Waals surface area (Å²) in [4.78, 5) is 14.8. The van der Waals surface area contributed by atoms with Crippen LogP contribution in [0, 0.1) is 0 Å². The topological polar surface area (TPSA) is 76.0 Å². The van der Waals surface area contributed by atoms with E-state index in [0.29, 0.717) is 43.1 Å². The number of hydrogen-bond acceptors (Lipinski definition) is 6. The molecule has 0 spiro atoms. The Hall–Kier alpha value is -2.29. The van der Waals surface area contributed by atoms with Crippen molar-refractivity contribution in [3.8, 4) is 0 Å². The Kier molecular flexibility index (Phi) is 4.47. The normalized spacial score (nSPS) is 19.4. The van der Waals surface area contributed by atoms with E-state index in [0.717, 1.165) is 11.3 Å². The predicted molar refractivity (Wildman–Crippen MR) is 99.3 cm³/mol. The maximum atomic E-state index is 12.9. The van der Waals surface area contributed by atoms with Gasteiger partial charge < -0.3 is 9.64 Å². The first-order valence-electron chi connectivity index (χ1n) is 8.13. The van der Waals surface area contributed by atoms with Gasteiger partial charge in [0.25, 0.3) is 10.0 Å². The van der Waals surface area contributed by atoms with Crippen molar-refractivity contribution in [2.24, 2.45) is 4.40 Å². The molecule has 1 aromatic carbocycles. The van der Waals surface area contributed by atoms with Crippen molar-refractivity contribution in [1.29, 1.82) is 0 Å². The van der Waals surface area contributed by atoms with Crippen LogP contribution in [0.25, 0.3) is 0 Å². The van der Waals surface area contributed by atoms with Gasteiger partial charge in [-0.25, -0.2) is 0 Å². The number of nitrogens with zero attached hydrogens (tertiary/aromatic N) is 2. The summed E-state index contributed by atoms with van der Waals surface area (Å²) in [6, 6.07) is 10.2. The summed E-state index contributed by atoms with van der Waals surface area (Å²) >= 11 is 1.12. The fourth-order valence-corrected chi connectivity index (χ4v) is 4.98. The van der Waals surface area contributed by atoms with Crippen LogP contribution in [0.1, 0.15) is 15.9 Å². The lowest BCUT2D eigenvalue weighted by Gasteiger charge is -2.32. The lowest BCUT2D eigenvalue weighted by molar-refractivity contribution is 0.0507. The van der Waals surface area contributed by atoms with Gasteiger partial charge in [-0.1, -0.05) is 30.3 Å². The van der Waals surface area contributed by atoms with E-state index in [4.69, 9.17) is 4.74 Å². The molecule has 0 N–H and O–H groups in total. The zero-order chi connectivity index (χ0) is 18.1. The molecule has 26 heavy (non-hydrogen) atoms. The Morgan fingerprint density at radius 1 is 1.04 bits per heavy atom. The third-order valence-electron chi connectivity index (χ3n) is 4.27. The highest BCUT2D eigenvalue weighted by molar-refractivity contribution is 7.92. The van der Waals surface area contributed by atoms with E-state index in [1.54, 1.807) is 41.8 Å². The number of morpholine rings is 1. The zero-order valence-corrected chi connectivity index (χ0v) is 15.4. The molecule has 0 saturated carbocycles. The molecular formula is C18H16N2O4S2. The van der Waals surface area contributed by atoms with Crippen molar-refractivity contribution in [3.05, 3.63) is 64.7 Å². The predicted octanol–water partition coefficient (Wildman–Crippen LogP) is 2.34. The van der Waals surface area contributed by atoms with E-state index < -0.39 is 10.0 Å². The minimum Gasteiger partial charge on any atom is -0.378 e. The van der Waals surface area contributed by atoms with Gasteiger partial charge in [0.05, 0.1) is 24.6 Å². The molecule has 6 nitrogen and oxygen atoms in total. The first kappa shape index (κ1) is 17.1. The summed E-state index contributed by atoms with van der Waals surface area (Å²) in [7, 11) is -3.82. The highest BCUT2D eigenvalue weighted by Gasteiger charge is 2.29. The van der Waals surface area contributed by atoms with Crippen molar-refractivity contribution in [1.82, 2.24) is 4.90 Å². The second-order valence-corrected chi connectivity index (χ2v) is 8.67. The second kappa shape index (κ2) is 6.79. The molecule has 0 amide bonds. The van der Waals surface area contributed by atoms with Gasteiger partial charge in [0, 0.05) is 24.2 Å². The highest BCUT2D eigenvalue weighted by atomic mass is 32.2. The van der Waals surface area contributed by atoms with Gasteiger partial charge in [0.2, 0.25) is 5.78 Å². The van der Waals surface area contributed by atoms with E-state index in [2.05, 4.69) is 4.40 Å². The quantitative estimate of drug-likeness (QED) is 0.807. The zero-order valence-electron chi connectivity index (χ0n) is 13.8. The van der Waals surface area contributed by atoms with Crippen molar-refractivity contribution in [3.63, 3.8) is 0 Å². The first-order chi connectivity index (χ1) is 12.6. The molecule has 0 bridgehead atoms. The van der Waals surface area contributed by atoms with Crippen LogP contribution in [0.3, 0.4) is 0 Å². The molecule has 2 heterocycles. The Balaban J connectivity index is 1.84. The van der Waals surface area contributed by atoms with Gasteiger partial charge in [-0.05, 0) is 17.5 Å². The number of benzene rings is 1. The van der Waals surface area contributed by atoms with Crippen LogP contribution < -0.4 is 0 Å². The standard InChI is InChI=1S/C18H16N2O4S2/c21-18-14-5-2-1-4-13(14)15(12-16(18)20-7-9-24-10-8-20)19-26(22,23)17-6-3-11-25-17/h1-6,11-12H,7-10H2. The molecule has 4 rings (SSSR count). The van der Waals surface area contributed by atoms with Crippen LogP contribution in [0.5, 0.6) is 0 Å². The molecule has 134 valence electrons. The monoisotopic (exact) mass is 388 g/mol. The molecule has 0 radical (unpaired) electrons. The van der Waals surface area contributed by atoms with Gasteiger partial charge in [-0.2, -0.15) is 12.8 Å². The van der Waals surface area contributed by atoms with E-state index in [9.17, 15) is 13.2 Å². The van der Waals surface area contributed by atoms with Crippen LogP contribution in [-0.4, -0.2) is 51.1 Å². The molecule has 1 aromatic heterocycles. The third-order valence-corrected chi connectivity index (χ3v) is 6.94. The SMILES string of the molecule is O=C1C(N2CCOCC2)=CC(=NS(=O)(=O)c2cccs2)c2ccccc21. The number of carbonyl (C=O) groups excluding carboxylic acids is 1. The average molecular weight is 388 g/mol. The number of allylic oxidation sites excluding steroid dienone is 2. The number of fused-ring (bicyclic) bond motifs is 1. The van der Waals surface area contributed by atoms with Crippen LogP contribution in [0.15, 0.2) is 62.2 Å². The number of sulfonamides is 1. The summed E-state index contributed by atoms with van der Waals surface area (Å²) in [5.74, 6) is -0.116. The summed E-state index contributed by atoms with van der Waals surface area (Å²) in [5.41, 5.74) is 1.76. The maximum absolute atomic E-state index is 12.9. The van der Waals surface area contributed by atoms with Crippen LogP contribution >= 0.6 is 11.3 Å². The maximum Gasteiger partial charge on any atom is 0.292 e. The van der Waals surface area contributed by atoms with Gasteiger partial charge in [-0.3, -0.25) is 4.79 Å². The Morgan fingerprint density at radius 2 is 1.77 bits per heavy atom. The molecule has 2 aromatic rings. The van der Waals surface area contributed by atoms with Crippen LogP contribution in [0.4, 0.5) is 0 Å². The minimum atomic E-state index is -3.82. The molecule has 0 unspecified atom stereocenters. The molecule has 2 aliphatic rings. The number of Topliss-reactive ketones (excluding diaryl/α,β-unsaturated/α-hetero) is 1. The number of rotatable bonds is 3. The van der Waals surface area contributed by atoms with Crippen molar-refractivity contribution in [2.75, 3.05) is 26.3 Å².